The van der Waals surface area contributed by atoms with Crippen molar-refractivity contribution in [3.8, 4) is 10.4 Å². The van der Waals surface area contributed by atoms with Crippen LogP contribution in [0.3, 0.4) is 0 Å². The number of aryl methyl sites for hydroxylation is 3. The number of hydrogen-bond donors (Lipinski definition) is 3. The molecule has 29 heavy (non-hydrogen) atoms. The standard InChI is InChI=1S/C22H31N2O3PS/c1-2-3-4-5-6-20-24-19-10-8-16-13-15(7-9-18(16)21(19)29-20)17-11-12-22(23,14-17)27-28(25)26/h7,9,13,17,25-26H,2-6,8,10-12,14,23H2,1H3. The second kappa shape index (κ2) is 9.09. The van der Waals surface area contributed by atoms with Gasteiger partial charge in [0.05, 0.1) is 15.6 Å². The molecule has 1 saturated carbocycles. The van der Waals surface area contributed by atoms with E-state index in [-0.39, 0.29) is 0 Å². The van der Waals surface area contributed by atoms with Crippen LogP contribution in [0.25, 0.3) is 10.4 Å². The van der Waals surface area contributed by atoms with Crippen molar-refractivity contribution in [2.45, 2.75) is 82.8 Å². The van der Waals surface area contributed by atoms with Crippen LogP contribution in [0.5, 0.6) is 0 Å². The molecular weight excluding hydrogens is 403 g/mol. The lowest BCUT2D eigenvalue weighted by atomic mass is 9.88. The van der Waals surface area contributed by atoms with E-state index in [4.69, 9.17) is 15.2 Å². The molecule has 5 nitrogen and oxygen atoms in total. The van der Waals surface area contributed by atoms with Gasteiger partial charge in [-0.1, -0.05) is 44.4 Å². The maximum atomic E-state index is 9.18. The minimum Gasteiger partial charge on any atom is -0.328 e. The number of nitrogens with two attached hydrogens (primary N) is 1. The molecule has 2 aliphatic rings. The van der Waals surface area contributed by atoms with E-state index < -0.39 is 14.3 Å². The third-order valence-electron chi connectivity index (χ3n) is 6.23. The van der Waals surface area contributed by atoms with Gasteiger partial charge in [0, 0.05) is 0 Å². The highest BCUT2D eigenvalue weighted by molar-refractivity contribution is 7.39. The SMILES string of the molecule is CCCCCCc1nc2c(s1)-c1ccc(C3CCC(N)(OP(O)O)C3)cc1CC2. The van der Waals surface area contributed by atoms with Crippen molar-refractivity contribution in [2.24, 2.45) is 5.73 Å². The van der Waals surface area contributed by atoms with Gasteiger partial charge in [-0.2, -0.15) is 0 Å². The molecule has 1 heterocycles. The highest BCUT2D eigenvalue weighted by Gasteiger charge is 2.39. The van der Waals surface area contributed by atoms with Gasteiger partial charge in [0.2, 0.25) is 0 Å². The zero-order valence-electron chi connectivity index (χ0n) is 17.1. The van der Waals surface area contributed by atoms with Gasteiger partial charge in [-0.3, -0.25) is 4.52 Å². The second-order valence-corrected chi connectivity index (χ2v) is 10.2. The molecule has 2 aliphatic carbocycles. The summed E-state index contributed by atoms with van der Waals surface area (Å²) in [5.41, 5.74) is 10.6. The Morgan fingerprint density at radius 1 is 1.28 bits per heavy atom. The molecule has 7 heteroatoms. The zero-order chi connectivity index (χ0) is 20.4. The van der Waals surface area contributed by atoms with E-state index in [2.05, 4.69) is 25.1 Å². The fourth-order valence-electron chi connectivity index (χ4n) is 4.71. The molecule has 1 aromatic carbocycles. The zero-order valence-corrected chi connectivity index (χ0v) is 18.8. The lowest BCUT2D eigenvalue weighted by Gasteiger charge is -2.25. The smallest absolute Gasteiger partial charge is 0.328 e. The molecule has 0 radical (unpaired) electrons. The summed E-state index contributed by atoms with van der Waals surface area (Å²) in [7, 11) is -2.42. The molecule has 1 fully saturated rings. The molecule has 1 aromatic heterocycles. The van der Waals surface area contributed by atoms with E-state index in [1.807, 2.05) is 11.3 Å². The molecule has 2 atom stereocenters. The predicted molar refractivity (Wildman–Crippen MR) is 119 cm³/mol. The Labute approximate surface area is 178 Å². The second-order valence-electron chi connectivity index (χ2n) is 8.46. The normalized spacial score (nSPS) is 23.4. The number of unbranched alkanes of at least 4 members (excludes halogenated alkanes) is 3. The molecule has 2 aromatic rings. The van der Waals surface area contributed by atoms with E-state index in [0.29, 0.717) is 18.8 Å². The minimum atomic E-state index is -2.42. The van der Waals surface area contributed by atoms with Crippen molar-refractivity contribution in [3.63, 3.8) is 0 Å². The fourth-order valence-corrected chi connectivity index (χ4v) is 6.41. The van der Waals surface area contributed by atoms with Crippen LogP contribution in [-0.2, 0) is 23.8 Å². The van der Waals surface area contributed by atoms with E-state index in [0.717, 1.165) is 25.7 Å². The molecular formula is C22H31N2O3PS. The molecule has 0 spiro atoms. The first-order chi connectivity index (χ1) is 14.0. The highest BCUT2D eigenvalue weighted by atomic mass is 32.1. The topological polar surface area (TPSA) is 88.6 Å². The highest BCUT2D eigenvalue weighted by Crippen LogP contribution is 2.47. The number of thiazole rings is 1. The van der Waals surface area contributed by atoms with Crippen LogP contribution in [0.2, 0.25) is 0 Å². The van der Waals surface area contributed by atoms with Gasteiger partial charge in [0.1, 0.15) is 5.72 Å². The summed E-state index contributed by atoms with van der Waals surface area (Å²) in [4.78, 5) is 24.7. The molecule has 0 saturated heterocycles. The third kappa shape index (κ3) is 4.90. The summed E-state index contributed by atoms with van der Waals surface area (Å²) >= 11 is 1.88. The maximum Gasteiger partial charge on any atom is 0.328 e. The third-order valence-corrected chi connectivity index (χ3v) is 7.95. The number of rotatable bonds is 8. The summed E-state index contributed by atoms with van der Waals surface area (Å²) in [5, 5.41) is 1.29. The number of nitrogens with zero attached hydrogens (tertiary/aromatic N) is 1. The molecule has 4 rings (SSSR count). The summed E-state index contributed by atoms with van der Waals surface area (Å²) < 4.78 is 5.21. The van der Waals surface area contributed by atoms with Gasteiger partial charge in [-0.05, 0) is 67.6 Å². The van der Waals surface area contributed by atoms with Crippen LogP contribution < -0.4 is 5.73 Å². The first-order valence-electron chi connectivity index (χ1n) is 10.7. The average Bonchev–Trinajstić information content (AvgIpc) is 3.27. The summed E-state index contributed by atoms with van der Waals surface area (Å²) in [5.74, 6) is 0.303. The Bertz CT molecular complexity index is 857. The number of aromatic nitrogens is 1. The van der Waals surface area contributed by atoms with Crippen molar-refractivity contribution >= 4 is 19.9 Å². The number of benzene rings is 1. The van der Waals surface area contributed by atoms with E-state index in [9.17, 15) is 9.79 Å². The van der Waals surface area contributed by atoms with Crippen molar-refractivity contribution < 1.29 is 14.3 Å². The molecule has 0 bridgehead atoms. The molecule has 0 aliphatic heterocycles. The minimum absolute atomic E-state index is 0.303. The van der Waals surface area contributed by atoms with E-state index >= 15 is 0 Å². The Morgan fingerprint density at radius 3 is 2.93 bits per heavy atom. The first kappa shape index (κ1) is 21.4. The fraction of sp³-hybridized carbons (Fsp3) is 0.591. The van der Waals surface area contributed by atoms with Crippen molar-refractivity contribution in [1.29, 1.82) is 0 Å². The van der Waals surface area contributed by atoms with Gasteiger partial charge in [0.15, 0.2) is 0 Å². The Balaban J connectivity index is 1.48. The van der Waals surface area contributed by atoms with E-state index in [1.165, 1.54) is 58.0 Å². The monoisotopic (exact) mass is 434 g/mol. The van der Waals surface area contributed by atoms with Crippen LogP contribution in [0, 0.1) is 0 Å². The van der Waals surface area contributed by atoms with Gasteiger partial charge in [-0.15, -0.1) is 11.3 Å². The molecule has 4 N–H and O–H groups in total. The molecule has 2 unspecified atom stereocenters. The largest absolute Gasteiger partial charge is 0.328 e. The molecule has 158 valence electrons. The Hall–Kier alpha value is -0.880. The van der Waals surface area contributed by atoms with Crippen LogP contribution in [0.15, 0.2) is 18.2 Å². The van der Waals surface area contributed by atoms with E-state index in [1.54, 1.807) is 0 Å². The molecule has 0 amide bonds. The quantitative estimate of drug-likeness (QED) is 0.303. The lowest BCUT2D eigenvalue weighted by Crippen LogP contribution is -2.38. The van der Waals surface area contributed by atoms with Crippen LogP contribution in [0.4, 0.5) is 0 Å². The van der Waals surface area contributed by atoms with Crippen LogP contribution in [0.1, 0.15) is 79.6 Å². The van der Waals surface area contributed by atoms with Crippen molar-refractivity contribution in [2.75, 3.05) is 0 Å². The van der Waals surface area contributed by atoms with Gasteiger partial charge >= 0.3 is 8.60 Å². The summed E-state index contributed by atoms with van der Waals surface area (Å²) in [6.45, 7) is 2.25. The maximum absolute atomic E-state index is 9.18. The van der Waals surface area contributed by atoms with Crippen molar-refractivity contribution in [3.05, 3.63) is 40.0 Å². The first-order valence-corrected chi connectivity index (χ1v) is 12.7. The van der Waals surface area contributed by atoms with Crippen LogP contribution in [-0.4, -0.2) is 20.5 Å². The van der Waals surface area contributed by atoms with Crippen molar-refractivity contribution in [1.82, 2.24) is 4.98 Å². The number of hydrogen-bond acceptors (Lipinski definition) is 6. The van der Waals surface area contributed by atoms with Gasteiger partial charge < -0.3 is 15.5 Å². The number of fused-ring (bicyclic) bond motifs is 3. The van der Waals surface area contributed by atoms with Gasteiger partial charge in [0.25, 0.3) is 0 Å². The summed E-state index contributed by atoms with van der Waals surface area (Å²) in [6, 6.07) is 6.80. The van der Waals surface area contributed by atoms with Gasteiger partial charge in [-0.25, -0.2) is 4.98 Å². The predicted octanol–water partition coefficient (Wildman–Crippen LogP) is 5.18. The Kier molecular flexibility index (Phi) is 6.69. The van der Waals surface area contributed by atoms with Crippen LogP contribution >= 0.6 is 19.9 Å². The lowest BCUT2D eigenvalue weighted by molar-refractivity contribution is 0.0659. The summed E-state index contributed by atoms with van der Waals surface area (Å²) in [6.07, 6.45) is 10.4. The Morgan fingerprint density at radius 2 is 2.14 bits per heavy atom. The average molecular weight is 435 g/mol.